The van der Waals surface area contributed by atoms with Crippen LogP contribution in [0.2, 0.25) is 0 Å². The standard InChI is InChI=1S/C38H22OS/c1-2-12-24-23(10-1)11-9-18-26(24)37-27-14-3-5-16-29(27)38(30-17-6-4-15-28(30)37)33-22-40-36-21-35-31(20-32(33)36)25-13-7-8-19-34(25)39-35/h1-22H. The number of thiophene rings is 1. The molecule has 0 atom stereocenters. The fraction of sp³-hybridized carbons (Fsp3) is 0. The minimum absolute atomic E-state index is 0.937. The summed E-state index contributed by atoms with van der Waals surface area (Å²) in [6.45, 7) is 0. The van der Waals surface area contributed by atoms with Gasteiger partial charge >= 0.3 is 0 Å². The molecule has 0 unspecified atom stereocenters. The first-order chi connectivity index (χ1) is 19.8. The Bertz CT molecular complexity index is 2380. The minimum atomic E-state index is 0.937. The van der Waals surface area contributed by atoms with Crippen molar-refractivity contribution in [2.45, 2.75) is 0 Å². The van der Waals surface area contributed by atoms with Crippen LogP contribution in [0, 0.1) is 0 Å². The lowest BCUT2D eigenvalue weighted by atomic mass is 9.84. The van der Waals surface area contributed by atoms with Crippen LogP contribution in [0.3, 0.4) is 0 Å². The van der Waals surface area contributed by atoms with Gasteiger partial charge in [-0.25, -0.2) is 0 Å². The van der Waals surface area contributed by atoms with E-state index in [4.69, 9.17) is 4.42 Å². The van der Waals surface area contributed by atoms with Gasteiger partial charge in [0.05, 0.1) is 0 Å². The summed E-state index contributed by atoms with van der Waals surface area (Å²) in [4.78, 5) is 0. The summed E-state index contributed by atoms with van der Waals surface area (Å²) in [6, 6.07) is 46.1. The number of fused-ring (bicyclic) bond motifs is 7. The van der Waals surface area contributed by atoms with Crippen LogP contribution in [0.5, 0.6) is 0 Å². The highest BCUT2D eigenvalue weighted by Gasteiger charge is 2.20. The quantitative estimate of drug-likeness (QED) is 0.204. The van der Waals surface area contributed by atoms with E-state index < -0.39 is 0 Å². The second-order valence-corrected chi connectivity index (χ2v) is 11.4. The summed E-state index contributed by atoms with van der Waals surface area (Å²) in [5.74, 6) is 0. The first-order valence-corrected chi connectivity index (χ1v) is 14.5. The average molecular weight is 527 g/mol. The van der Waals surface area contributed by atoms with Gasteiger partial charge in [-0.3, -0.25) is 0 Å². The van der Waals surface area contributed by atoms with Gasteiger partial charge in [0.1, 0.15) is 11.2 Å². The van der Waals surface area contributed by atoms with E-state index in [0.717, 1.165) is 16.6 Å². The van der Waals surface area contributed by atoms with Gasteiger partial charge in [-0.1, -0.05) is 109 Å². The van der Waals surface area contributed by atoms with E-state index in [1.165, 1.54) is 70.0 Å². The molecule has 0 saturated carbocycles. The van der Waals surface area contributed by atoms with E-state index >= 15 is 0 Å². The van der Waals surface area contributed by atoms with Crippen molar-refractivity contribution in [1.29, 1.82) is 0 Å². The van der Waals surface area contributed by atoms with E-state index in [0.29, 0.717) is 0 Å². The fourth-order valence-electron chi connectivity index (χ4n) is 6.59. The highest BCUT2D eigenvalue weighted by Crippen LogP contribution is 2.48. The summed E-state index contributed by atoms with van der Waals surface area (Å²) in [5, 5.41) is 13.6. The third-order valence-corrected chi connectivity index (χ3v) is 9.28. The number of hydrogen-bond acceptors (Lipinski definition) is 2. The first-order valence-electron chi connectivity index (χ1n) is 13.6. The van der Waals surface area contributed by atoms with Crippen LogP contribution in [0.4, 0.5) is 0 Å². The molecule has 0 amide bonds. The topological polar surface area (TPSA) is 13.1 Å². The maximum Gasteiger partial charge on any atom is 0.136 e. The summed E-state index contributed by atoms with van der Waals surface area (Å²) < 4.78 is 7.47. The summed E-state index contributed by atoms with van der Waals surface area (Å²) >= 11 is 1.79. The smallest absolute Gasteiger partial charge is 0.136 e. The summed E-state index contributed by atoms with van der Waals surface area (Å²) in [5.41, 5.74) is 7.04. The van der Waals surface area contributed by atoms with Crippen molar-refractivity contribution in [2.75, 3.05) is 0 Å². The van der Waals surface area contributed by atoms with Crippen molar-refractivity contribution in [1.82, 2.24) is 0 Å². The Morgan fingerprint density at radius 3 is 1.70 bits per heavy atom. The van der Waals surface area contributed by atoms with Gasteiger partial charge in [0.25, 0.3) is 0 Å². The van der Waals surface area contributed by atoms with Crippen LogP contribution in [-0.2, 0) is 0 Å². The predicted octanol–water partition coefficient (Wildman–Crippen LogP) is 11.6. The number of rotatable bonds is 2. The van der Waals surface area contributed by atoms with Crippen LogP contribution >= 0.6 is 11.3 Å². The number of hydrogen-bond donors (Lipinski definition) is 0. The maximum atomic E-state index is 6.22. The molecule has 9 aromatic rings. The zero-order valence-corrected chi connectivity index (χ0v) is 22.3. The van der Waals surface area contributed by atoms with Gasteiger partial charge in [0.2, 0.25) is 0 Å². The number of para-hydroxylation sites is 1. The van der Waals surface area contributed by atoms with Gasteiger partial charge < -0.3 is 4.42 Å². The highest BCUT2D eigenvalue weighted by molar-refractivity contribution is 7.17. The van der Waals surface area contributed by atoms with Crippen LogP contribution in [0.15, 0.2) is 137 Å². The van der Waals surface area contributed by atoms with Gasteiger partial charge in [0.15, 0.2) is 0 Å². The van der Waals surface area contributed by atoms with Crippen molar-refractivity contribution in [3.8, 4) is 22.3 Å². The summed E-state index contributed by atoms with van der Waals surface area (Å²) in [6.07, 6.45) is 0. The van der Waals surface area contributed by atoms with Gasteiger partial charge in [-0.05, 0) is 72.6 Å². The van der Waals surface area contributed by atoms with Crippen LogP contribution < -0.4 is 0 Å². The minimum Gasteiger partial charge on any atom is -0.456 e. The Morgan fingerprint density at radius 2 is 0.975 bits per heavy atom. The molecule has 2 heteroatoms. The molecule has 186 valence electrons. The molecule has 0 spiro atoms. The zero-order valence-electron chi connectivity index (χ0n) is 21.5. The van der Waals surface area contributed by atoms with Gasteiger partial charge in [-0.2, -0.15) is 0 Å². The van der Waals surface area contributed by atoms with Crippen molar-refractivity contribution in [2.24, 2.45) is 0 Å². The van der Waals surface area contributed by atoms with Crippen LogP contribution in [0.1, 0.15) is 0 Å². The van der Waals surface area contributed by atoms with Crippen molar-refractivity contribution >= 4 is 75.7 Å². The third kappa shape index (κ3) is 3.03. The highest BCUT2D eigenvalue weighted by atomic mass is 32.1. The van der Waals surface area contributed by atoms with E-state index in [-0.39, 0.29) is 0 Å². The molecule has 0 bridgehead atoms. The van der Waals surface area contributed by atoms with Gasteiger partial charge in [-0.15, -0.1) is 11.3 Å². The monoisotopic (exact) mass is 526 g/mol. The molecule has 0 fully saturated rings. The molecular formula is C38H22OS. The second-order valence-electron chi connectivity index (χ2n) is 10.5. The fourth-order valence-corrected chi connectivity index (χ4v) is 7.55. The third-order valence-electron chi connectivity index (χ3n) is 8.33. The molecule has 2 aromatic heterocycles. The van der Waals surface area contributed by atoms with Crippen LogP contribution in [-0.4, -0.2) is 0 Å². The summed E-state index contributed by atoms with van der Waals surface area (Å²) in [7, 11) is 0. The Hall–Kier alpha value is -4.92. The predicted molar refractivity (Wildman–Crippen MR) is 172 cm³/mol. The lowest BCUT2D eigenvalue weighted by Crippen LogP contribution is -1.91. The van der Waals surface area contributed by atoms with Gasteiger partial charge in [0, 0.05) is 26.4 Å². The molecule has 2 heterocycles. The Labute approximate surface area is 234 Å². The molecule has 0 aliphatic heterocycles. The van der Waals surface area contributed by atoms with E-state index in [1.54, 1.807) is 11.3 Å². The molecule has 7 aromatic carbocycles. The molecular weight excluding hydrogens is 504 g/mol. The SMILES string of the molecule is c1ccc2c(-c3c4ccccc4c(-c4csc5cc6oc7ccccc7c6cc45)c4ccccc34)cccc2c1. The van der Waals surface area contributed by atoms with E-state index in [9.17, 15) is 0 Å². The molecule has 0 aliphatic carbocycles. The Kier molecular flexibility index (Phi) is 4.55. The number of benzene rings is 7. The lowest BCUT2D eigenvalue weighted by molar-refractivity contribution is 0.669. The normalized spacial score (nSPS) is 12.0. The molecule has 0 N–H and O–H groups in total. The average Bonchev–Trinajstić information content (AvgIpc) is 3.59. The van der Waals surface area contributed by atoms with Crippen LogP contribution in [0.25, 0.3) is 86.6 Å². The van der Waals surface area contributed by atoms with Crippen molar-refractivity contribution in [3.05, 3.63) is 133 Å². The molecule has 0 aliphatic rings. The molecule has 0 radical (unpaired) electrons. The first kappa shape index (κ1) is 22.0. The zero-order chi connectivity index (χ0) is 26.2. The Morgan fingerprint density at radius 1 is 0.400 bits per heavy atom. The Balaban J connectivity index is 1.43. The molecule has 40 heavy (non-hydrogen) atoms. The largest absolute Gasteiger partial charge is 0.456 e. The molecule has 1 nitrogen and oxygen atoms in total. The lowest BCUT2D eigenvalue weighted by Gasteiger charge is -2.18. The van der Waals surface area contributed by atoms with E-state index in [2.05, 4.69) is 127 Å². The number of furan rings is 1. The molecule has 9 rings (SSSR count). The van der Waals surface area contributed by atoms with E-state index in [1.807, 2.05) is 6.07 Å². The van der Waals surface area contributed by atoms with Crippen molar-refractivity contribution < 1.29 is 4.42 Å². The molecule has 0 saturated heterocycles. The van der Waals surface area contributed by atoms with Crippen molar-refractivity contribution in [3.63, 3.8) is 0 Å². The maximum absolute atomic E-state index is 6.22. The second kappa shape index (κ2) is 8.29.